The highest BCUT2D eigenvalue weighted by atomic mass is 79.9. The number of halogens is 2. The molecule has 1 heterocycles. The number of hydrogen-bond donors (Lipinski definition) is 1. The van der Waals surface area contributed by atoms with Crippen molar-refractivity contribution in [2.75, 3.05) is 4.90 Å². The molecule has 1 N–H and O–H groups in total. The third-order valence-electron chi connectivity index (χ3n) is 5.35. The van der Waals surface area contributed by atoms with Gasteiger partial charge < -0.3 is 5.11 Å². The van der Waals surface area contributed by atoms with Crippen molar-refractivity contribution in [3.8, 4) is 6.07 Å². The third-order valence-corrected chi connectivity index (χ3v) is 6.24. The number of aliphatic hydroxyl groups is 1. The monoisotopic (exact) mass is 490 g/mol. The molecule has 32 heavy (non-hydrogen) atoms. The van der Waals surface area contributed by atoms with Crippen molar-refractivity contribution >= 4 is 39.1 Å². The fourth-order valence-corrected chi connectivity index (χ4v) is 3.98. The van der Waals surface area contributed by atoms with Crippen molar-refractivity contribution in [2.45, 2.75) is 13.0 Å². The molecule has 1 aliphatic heterocycles. The van der Waals surface area contributed by atoms with Crippen molar-refractivity contribution in [2.24, 2.45) is 0 Å². The maximum Gasteiger partial charge on any atom is 0.300 e. The van der Waals surface area contributed by atoms with Gasteiger partial charge in [0.1, 0.15) is 11.6 Å². The smallest absolute Gasteiger partial charge is 0.300 e. The lowest BCUT2D eigenvalue weighted by Crippen LogP contribution is -2.29. The first-order chi connectivity index (χ1) is 15.3. The highest BCUT2D eigenvalue weighted by Gasteiger charge is 2.47. The van der Waals surface area contributed by atoms with Crippen LogP contribution >= 0.6 is 15.9 Å². The number of hydrogen-bond acceptors (Lipinski definition) is 4. The summed E-state index contributed by atoms with van der Waals surface area (Å²) in [4.78, 5) is 27.3. The summed E-state index contributed by atoms with van der Waals surface area (Å²) in [7, 11) is 0. The van der Waals surface area contributed by atoms with Gasteiger partial charge in [-0.2, -0.15) is 5.26 Å². The molecule has 4 rings (SSSR count). The van der Waals surface area contributed by atoms with E-state index in [2.05, 4.69) is 15.9 Å². The highest BCUT2D eigenvalue weighted by molar-refractivity contribution is 9.10. The summed E-state index contributed by atoms with van der Waals surface area (Å²) in [5, 5.41) is 20.2. The Kier molecular flexibility index (Phi) is 5.64. The topological polar surface area (TPSA) is 81.4 Å². The van der Waals surface area contributed by atoms with Crippen LogP contribution in [0.15, 0.2) is 76.8 Å². The van der Waals surface area contributed by atoms with Crippen LogP contribution in [0.25, 0.3) is 5.76 Å². The Morgan fingerprint density at radius 1 is 1.09 bits per heavy atom. The molecule has 0 bridgehead atoms. The van der Waals surface area contributed by atoms with Gasteiger partial charge in [-0.05, 0) is 55.0 Å². The normalized spacial score (nSPS) is 17.4. The molecular weight excluding hydrogens is 475 g/mol. The van der Waals surface area contributed by atoms with E-state index in [0.717, 1.165) is 14.9 Å². The lowest BCUT2D eigenvalue weighted by molar-refractivity contribution is -0.132. The van der Waals surface area contributed by atoms with E-state index in [9.17, 15) is 19.1 Å². The molecule has 0 saturated carbocycles. The molecule has 0 spiro atoms. The molecule has 5 nitrogen and oxygen atoms in total. The second-order valence-corrected chi connectivity index (χ2v) is 8.17. The molecule has 7 heteroatoms. The Morgan fingerprint density at radius 2 is 1.78 bits per heavy atom. The minimum Gasteiger partial charge on any atom is -0.507 e. The zero-order valence-corrected chi connectivity index (χ0v) is 18.4. The molecule has 3 aromatic carbocycles. The molecule has 0 aromatic heterocycles. The molecular formula is C25H16BrFN2O3. The number of nitriles is 1. The number of nitrogens with zero attached hydrogens (tertiary/aromatic N) is 2. The van der Waals surface area contributed by atoms with Crippen molar-refractivity contribution < 1.29 is 19.1 Å². The Labute approximate surface area is 192 Å². The maximum absolute atomic E-state index is 14.9. The Morgan fingerprint density at radius 3 is 2.41 bits per heavy atom. The molecule has 1 unspecified atom stereocenters. The summed E-state index contributed by atoms with van der Waals surface area (Å²) in [6.07, 6.45) is 0. The Hall–Kier alpha value is -3.76. The van der Waals surface area contributed by atoms with E-state index < -0.39 is 23.5 Å². The predicted octanol–water partition coefficient (Wildman–Crippen LogP) is 5.39. The van der Waals surface area contributed by atoms with E-state index in [1.54, 1.807) is 24.3 Å². The molecule has 0 aliphatic carbocycles. The second kappa shape index (κ2) is 8.40. The van der Waals surface area contributed by atoms with Crippen LogP contribution in [0, 0.1) is 24.1 Å². The number of rotatable bonds is 3. The van der Waals surface area contributed by atoms with Crippen LogP contribution in [0.4, 0.5) is 10.1 Å². The van der Waals surface area contributed by atoms with Gasteiger partial charge in [-0.25, -0.2) is 4.39 Å². The van der Waals surface area contributed by atoms with Gasteiger partial charge in [-0.15, -0.1) is 0 Å². The van der Waals surface area contributed by atoms with Crippen LogP contribution < -0.4 is 4.90 Å². The average Bonchev–Trinajstić information content (AvgIpc) is 3.06. The van der Waals surface area contributed by atoms with E-state index in [1.165, 1.54) is 42.5 Å². The van der Waals surface area contributed by atoms with Crippen LogP contribution in [0.5, 0.6) is 0 Å². The molecule has 0 radical (unpaired) electrons. The van der Waals surface area contributed by atoms with Crippen LogP contribution in [-0.4, -0.2) is 16.8 Å². The van der Waals surface area contributed by atoms with Gasteiger partial charge in [-0.3, -0.25) is 14.5 Å². The first kappa shape index (κ1) is 21.5. The molecule has 1 fully saturated rings. The quantitative estimate of drug-likeness (QED) is 0.303. The number of amides is 1. The summed E-state index contributed by atoms with van der Waals surface area (Å²) in [5.74, 6) is -2.81. The van der Waals surface area contributed by atoms with E-state index in [-0.39, 0.29) is 16.9 Å². The minimum absolute atomic E-state index is 0.0754. The molecule has 1 atom stereocenters. The Bertz CT molecular complexity index is 1330. The number of aliphatic hydroxyl groups excluding tert-OH is 1. The van der Waals surface area contributed by atoms with Crippen LogP contribution in [-0.2, 0) is 9.59 Å². The number of carbonyl (C=O) groups excluding carboxylic acids is 2. The van der Waals surface area contributed by atoms with Crippen molar-refractivity contribution in [1.82, 2.24) is 0 Å². The van der Waals surface area contributed by atoms with E-state index in [4.69, 9.17) is 5.26 Å². The SMILES string of the molecule is Cc1cc(/C(O)=C2\C(=O)C(=O)N(c3ccc(C#N)cc3)C2c2ccccc2F)ccc1Br. The summed E-state index contributed by atoms with van der Waals surface area (Å²) in [6, 6.07) is 17.7. The fraction of sp³-hybridized carbons (Fsp3) is 0.0800. The fourth-order valence-electron chi connectivity index (χ4n) is 3.73. The summed E-state index contributed by atoms with van der Waals surface area (Å²) in [5.41, 5.74) is 1.71. The number of anilines is 1. The van der Waals surface area contributed by atoms with E-state index in [0.29, 0.717) is 16.8 Å². The van der Waals surface area contributed by atoms with Crippen molar-refractivity contribution in [3.63, 3.8) is 0 Å². The molecule has 1 amide bonds. The molecule has 1 saturated heterocycles. The minimum atomic E-state index is -1.17. The standard InChI is InChI=1S/C25H16BrFN2O3/c1-14-12-16(8-11-19(14)26)23(30)21-22(18-4-2-3-5-20(18)27)29(25(32)24(21)31)17-9-6-15(13-28)7-10-17/h2-12,22,30H,1H3/b23-21+. The highest BCUT2D eigenvalue weighted by Crippen LogP contribution is 2.43. The van der Waals surface area contributed by atoms with Crippen LogP contribution in [0.1, 0.15) is 28.3 Å². The zero-order chi connectivity index (χ0) is 23.0. The third kappa shape index (κ3) is 3.59. The van der Waals surface area contributed by atoms with E-state index in [1.807, 2.05) is 13.0 Å². The summed E-state index contributed by atoms with van der Waals surface area (Å²) in [6.45, 7) is 1.82. The Balaban J connectivity index is 1.97. The first-order valence-electron chi connectivity index (χ1n) is 9.65. The van der Waals surface area contributed by atoms with Gasteiger partial charge in [0.05, 0.1) is 23.2 Å². The number of aryl methyl sites for hydroxylation is 1. The molecule has 158 valence electrons. The number of benzene rings is 3. The molecule has 3 aromatic rings. The summed E-state index contributed by atoms with van der Waals surface area (Å²) < 4.78 is 15.7. The largest absolute Gasteiger partial charge is 0.507 e. The number of ketones is 1. The van der Waals surface area contributed by atoms with Gasteiger partial charge in [0, 0.05) is 21.3 Å². The van der Waals surface area contributed by atoms with Gasteiger partial charge in [0.15, 0.2) is 0 Å². The average molecular weight is 491 g/mol. The van der Waals surface area contributed by atoms with Gasteiger partial charge in [-0.1, -0.05) is 40.2 Å². The second-order valence-electron chi connectivity index (χ2n) is 7.31. The zero-order valence-electron chi connectivity index (χ0n) is 16.8. The lowest BCUT2D eigenvalue weighted by Gasteiger charge is -2.25. The summed E-state index contributed by atoms with van der Waals surface area (Å²) >= 11 is 3.39. The van der Waals surface area contributed by atoms with Crippen molar-refractivity contribution in [1.29, 1.82) is 5.26 Å². The maximum atomic E-state index is 14.9. The van der Waals surface area contributed by atoms with Gasteiger partial charge in [0.2, 0.25) is 0 Å². The van der Waals surface area contributed by atoms with Crippen LogP contribution in [0.3, 0.4) is 0 Å². The lowest BCUT2D eigenvalue weighted by atomic mass is 9.94. The van der Waals surface area contributed by atoms with Gasteiger partial charge >= 0.3 is 0 Å². The predicted molar refractivity (Wildman–Crippen MR) is 121 cm³/mol. The van der Waals surface area contributed by atoms with Crippen LogP contribution in [0.2, 0.25) is 0 Å². The van der Waals surface area contributed by atoms with E-state index >= 15 is 0 Å². The molecule has 1 aliphatic rings. The number of Topliss-reactive ketones (excluding diaryl/α,β-unsaturated/α-hetero) is 1. The van der Waals surface area contributed by atoms with Crippen molar-refractivity contribution in [3.05, 3.63) is 105 Å². The first-order valence-corrected chi connectivity index (χ1v) is 10.4. The number of carbonyl (C=O) groups is 2. The van der Waals surface area contributed by atoms with Gasteiger partial charge in [0.25, 0.3) is 11.7 Å².